The van der Waals surface area contributed by atoms with Crippen LogP contribution in [0.5, 0.6) is 0 Å². The Labute approximate surface area is 191 Å². The number of nitrogens with zero attached hydrogens (tertiary/aromatic N) is 2. The third kappa shape index (κ3) is 5.44. The lowest BCUT2D eigenvalue weighted by Crippen LogP contribution is -2.48. The molecule has 1 aromatic carbocycles. The Morgan fingerprint density at radius 3 is 2.37 bits per heavy atom. The Kier molecular flexibility index (Phi) is 6.91. The lowest BCUT2D eigenvalue weighted by molar-refractivity contribution is 0.143. The minimum Gasteiger partial charge on any atom is -0.368 e. The average Bonchev–Trinajstić information content (AvgIpc) is 3.57. The summed E-state index contributed by atoms with van der Waals surface area (Å²) in [6.07, 6.45) is 6.96. The van der Waals surface area contributed by atoms with E-state index in [4.69, 9.17) is 23.2 Å². The van der Waals surface area contributed by atoms with Gasteiger partial charge < -0.3 is 4.90 Å². The Bertz CT molecular complexity index is 844. The molecule has 1 aromatic rings. The van der Waals surface area contributed by atoms with Crippen molar-refractivity contribution in [1.82, 2.24) is 9.62 Å². The van der Waals surface area contributed by atoms with E-state index < -0.39 is 10.0 Å². The minimum absolute atomic E-state index is 0.119. The zero-order valence-corrected chi connectivity index (χ0v) is 20.1. The van der Waals surface area contributed by atoms with Crippen LogP contribution < -0.4 is 9.62 Å². The van der Waals surface area contributed by atoms with E-state index in [2.05, 4.69) is 21.4 Å². The van der Waals surface area contributed by atoms with E-state index >= 15 is 0 Å². The molecule has 0 radical (unpaired) electrons. The van der Waals surface area contributed by atoms with Crippen molar-refractivity contribution < 1.29 is 8.42 Å². The predicted molar refractivity (Wildman–Crippen MR) is 125 cm³/mol. The van der Waals surface area contributed by atoms with Crippen LogP contribution in [0, 0.1) is 5.41 Å². The van der Waals surface area contributed by atoms with Gasteiger partial charge in [0.15, 0.2) is 0 Å². The van der Waals surface area contributed by atoms with E-state index in [-0.39, 0.29) is 11.3 Å². The maximum absolute atomic E-state index is 12.2. The minimum atomic E-state index is -3.07. The molecule has 30 heavy (non-hydrogen) atoms. The second-order valence-electron chi connectivity index (χ2n) is 9.60. The highest BCUT2D eigenvalue weighted by atomic mass is 35.5. The van der Waals surface area contributed by atoms with Gasteiger partial charge in [0.2, 0.25) is 10.0 Å². The summed E-state index contributed by atoms with van der Waals surface area (Å²) >= 11 is 12.6. The second kappa shape index (κ2) is 9.14. The molecule has 1 N–H and O–H groups in total. The molecular weight excluding hydrogens is 441 g/mol. The van der Waals surface area contributed by atoms with Gasteiger partial charge in [-0.15, -0.1) is 0 Å². The van der Waals surface area contributed by atoms with Crippen molar-refractivity contribution in [3.8, 4) is 0 Å². The summed E-state index contributed by atoms with van der Waals surface area (Å²) in [5.74, 6) is 0. The number of nitrogens with one attached hydrogen (secondary N) is 1. The Morgan fingerprint density at radius 2 is 1.73 bits per heavy atom. The number of sulfonamides is 1. The van der Waals surface area contributed by atoms with Crippen molar-refractivity contribution in [3.63, 3.8) is 0 Å². The van der Waals surface area contributed by atoms with E-state index in [0.717, 1.165) is 76.9 Å². The van der Waals surface area contributed by atoms with Crippen molar-refractivity contribution in [2.45, 2.75) is 63.2 Å². The first kappa shape index (κ1) is 22.7. The van der Waals surface area contributed by atoms with Crippen LogP contribution in [0.2, 0.25) is 10.0 Å². The monoisotopic (exact) mass is 473 g/mol. The maximum atomic E-state index is 12.2. The molecule has 1 heterocycles. The number of halogens is 2. The molecule has 168 valence electrons. The molecule has 0 atom stereocenters. The Morgan fingerprint density at radius 1 is 1.07 bits per heavy atom. The number of anilines is 1. The van der Waals surface area contributed by atoms with E-state index in [1.165, 1.54) is 6.42 Å². The quantitative estimate of drug-likeness (QED) is 0.631. The van der Waals surface area contributed by atoms with E-state index in [1.807, 2.05) is 18.2 Å². The van der Waals surface area contributed by atoms with Crippen LogP contribution >= 0.6 is 23.2 Å². The largest absolute Gasteiger partial charge is 0.368 e. The summed E-state index contributed by atoms with van der Waals surface area (Å²) < 4.78 is 27.3. The molecule has 2 saturated carbocycles. The summed E-state index contributed by atoms with van der Waals surface area (Å²) in [6, 6.07) is 5.96. The molecule has 1 aliphatic heterocycles. The summed E-state index contributed by atoms with van der Waals surface area (Å²) in [4.78, 5) is 4.87. The molecule has 2 aliphatic carbocycles. The van der Waals surface area contributed by atoms with Crippen molar-refractivity contribution in [3.05, 3.63) is 28.2 Å². The standard InChI is InChI=1S/C22H33Cl2N3O2S/c1-22(9-7-17(8-10-22)25-30(28,29)18-5-6-18)11-12-26-13-15-27(16-14-26)20-4-2-3-19(23)21(20)24/h2-4,17-18,25H,5-16H2,1H3. The molecule has 3 fully saturated rings. The van der Waals surface area contributed by atoms with Gasteiger partial charge in [0.25, 0.3) is 0 Å². The van der Waals surface area contributed by atoms with E-state index in [0.29, 0.717) is 15.5 Å². The van der Waals surface area contributed by atoms with Gasteiger partial charge in [-0.25, -0.2) is 13.1 Å². The molecule has 8 heteroatoms. The molecule has 3 aliphatic rings. The van der Waals surface area contributed by atoms with Crippen molar-refractivity contribution in [2.24, 2.45) is 5.41 Å². The van der Waals surface area contributed by atoms with Crippen LogP contribution in [-0.2, 0) is 10.0 Å². The fourth-order valence-corrected chi connectivity index (χ4v) is 6.83. The van der Waals surface area contributed by atoms with Gasteiger partial charge in [-0.3, -0.25) is 4.90 Å². The van der Waals surface area contributed by atoms with Gasteiger partial charge in [-0.2, -0.15) is 0 Å². The Balaban J connectivity index is 1.21. The molecule has 4 rings (SSSR count). The highest BCUT2D eigenvalue weighted by Crippen LogP contribution is 2.40. The van der Waals surface area contributed by atoms with Crippen LogP contribution in [0.4, 0.5) is 5.69 Å². The number of benzene rings is 1. The number of piperazine rings is 1. The Hall–Kier alpha value is -0.530. The highest BCUT2D eigenvalue weighted by molar-refractivity contribution is 7.90. The highest BCUT2D eigenvalue weighted by Gasteiger charge is 2.39. The third-order valence-electron chi connectivity index (χ3n) is 7.16. The predicted octanol–water partition coefficient (Wildman–Crippen LogP) is 4.54. The van der Waals surface area contributed by atoms with Crippen LogP contribution in [-0.4, -0.2) is 57.3 Å². The van der Waals surface area contributed by atoms with Crippen LogP contribution in [0.15, 0.2) is 18.2 Å². The van der Waals surface area contributed by atoms with Crippen molar-refractivity contribution in [1.29, 1.82) is 0 Å². The number of hydrogen-bond acceptors (Lipinski definition) is 4. The molecule has 5 nitrogen and oxygen atoms in total. The lowest BCUT2D eigenvalue weighted by Gasteiger charge is -2.41. The lowest BCUT2D eigenvalue weighted by atomic mass is 9.72. The topological polar surface area (TPSA) is 52.6 Å². The molecule has 0 unspecified atom stereocenters. The zero-order chi connectivity index (χ0) is 21.4. The molecule has 0 amide bonds. The third-order valence-corrected chi connectivity index (χ3v) is 9.98. The van der Waals surface area contributed by atoms with Crippen molar-refractivity contribution >= 4 is 38.9 Å². The molecule has 0 spiro atoms. The van der Waals surface area contributed by atoms with Crippen LogP contribution in [0.25, 0.3) is 0 Å². The molecule has 1 saturated heterocycles. The summed E-state index contributed by atoms with van der Waals surface area (Å²) in [5.41, 5.74) is 1.34. The fourth-order valence-electron chi connectivity index (χ4n) is 4.77. The van der Waals surface area contributed by atoms with E-state index in [9.17, 15) is 8.42 Å². The molecule has 0 bridgehead atoms. The summed E-state index contributed by atoms with van der Waals surface area (Å²) in [5, 5.41) is 1.14. The number of hydrogen-bond donors (Lipinski definition) is 1. The van der Waals surface area contributed by atoms with Gasteiger partial charge in [-0.1, -0.05) is 36.2 Å². The smallest absolute Gasteiger partial charge is 0.214 e. The zero-order valence-electron chi connectivity index (χ0n) is 17.7. The van der Waals surface area contributed by atoms with Crippen LogP contribution in [0.1, 0.15) is 51.9 Å². The normalized spacial score (nSPS) is 28.6. The van der Waals surface area contributed by atoms with Gasteiger partial charge in [0.05, 0.1) is 21.0 Å². The van der Waals surface area contributed by atoms with Crippen molar-refractivity contribution in [2.75, 3.05) is 37.6 Å². The second-order valence-corrected chi connectivity index (χ2v) is 12.4. The first-order valence-corrected chi connectivity index (χ1v) is 13.5. The van der Waals surface area contributed by atoms with Gasteiger partial charge >= 0.3 is 0 Å². The fraction of sp³-hybridized carbons (Fsp3) is 0.727. The summed E-state index contributed by atoms with van der Waals surface area (Å²) in [7, 11) is -3.07. The average molecular weight is 474 g/mol. The first-order chi connectivity index (χ1) is 14.3. The van der Waals surface area contributed by atoms with Gasteiger partial charge in [-0.05, 0) is 69.0 Å². The van der Waals surface area contributed by atoms with Gasteiger partial charge in [0.1, 0.15) is 0 Å². The van der Waals surface area contributed by atoms with Gasteiger partial charge in [0, 0.05) is 32.2 Å². The summed E-state index contributed by atoms with van der Waals surface area (Å²) in [6.45, 7) is 7.46. The first-order valence-electron chi connectivity index (χ1n) is 11.2. The SMILES string of the molecule is CC1(CCN2CCN(c3cccc(Cl)c3Cl)CC2)CCC(NS(=O)(=O)C2CC2)CC1. The maximum Gasteiger partial charge on any atom is 0.214 e. The molecule has 0 aromatic heterocycles. The molecular formula is C22H33Cl2N3O2S. The van der Waals surface area contributed by atoms with Crippen LogP contribution in [0.3, 0.4) is 0 Å². The van der Waals surface area contributed by atoms with E-state index in [1.54, 1.807) is 0 Å². The number of rotatable bonds is 7.